The molecule has 11 nitrogen and oxygen atoms in total. The maximum atomic E-state index is 15.4. The maximum absolute atomic E-state index is 15.4. The van der Waals surface area contributed by atoms with E-state index >= 15 is 8.78 Å². The van der Waals surface area contributed by atoms with E-state index in [-0.39, 0.29) is 36.6 Å². The molecular formula is C29H32F4N8O3. The number of imidazole rings is 1. The molecule has 5 N–H and O–H groups in total. The summed E-state index contributed by atoms with van der Waals surface area (Å²) >= 11 is 0. The summed E-state index contributed by atoms with van der Waals surface area (Å²) in [4.78, 5) is 30.7. The molecule has 1 aliphatic rings. The van der Waals surface area contributed by atoms with Gasteiger partial charge in [0.05, 0.1) is 41.9 Å². The maximum Gasteiger partial charge on any atom is 0.314 e. The molecule has 1 fully saturated rings. The number of nitrogen functional groups attached to an aromatic ring is 1. The molecule has 0 spiro atoms. The molecule has 4 aromatic rings. The van der Waals surface area contributed by atoms with Gasteiger partial charge in [0, 0.05) is 24.7 Å². The van der Waals surface area contributed by atoms with Gasteiger partial charge in [-0.3, -0.25) is 9.78 Å². The summed E-state index contributed by atoms with van der Waals surface area (Å²) in [6.45, 7) is 3.80. The van der Waals surface area contributed by atoms with Crippen LogP contribution in [0.4, 0.5) is 29.1 Å². The third-order valence-electron chi connectivity index (χ3n) is 7.98. The fraction of sp³-hybridized carbons (Fsp3) is 0.414. The molecule has 0 radical (unpaired) electrons. The Kier molecular flexibility index (Phi) is 8.70. The summed E-state index contributed by atoms with van der Waals surface area (Å²) < 4.78 is 64.1. The summed E-state index contributed by atoms with van der Waals surface area (Å²) in [6, 6.07) is 3.22. The van der Waals surface area contributed by atoms with Crippen LogP contribution in [0.3, 0.4) is 0 Å². The Hall–Kier alpha value is -4.37. The third kappa shape index (κ3) is 6.01. The number of hydrogen-bond donors (Lipinski definition) is 3. The number of pyridine rings is 1. The number of aliphatic hydroxyl groups excluding tert-OH is 1. The van der Waals surface area contributed by atoms with Gasteiger partial charge in [0.2, 0.25) is 0 Å². The number of carbonyl (C=O) groups is 1. The molecule has 3 atom stereocenters. The number of fused-ring (bicyclic) bond motifs is 1. The second-order valence-electron chi connectivity index (χ2n) is 11.0. The Morgan fingerprint density at radius 2 is 1.93 bits per heavy atom. The van der Waals surface area contributed by atoms with Crippen LogP contribution >= 0.6 is 0 Å². The molecule has 1 saturated heterocycles. The molecule has 15 heteroatoms. The van der Waals surface area contributed by atoms with E-state index in [1.165, 1.54) is 24.9 Å². The van der Waals surface area contributed by atoms with Crippen LogP contribution in [-0.4, -0.2) is 66.7 Å². The Labute approximate surface area is 249 Å². The van der Waals surface area contributed by atoms with Crippen molar-refractivity contribution in [3.63, 3.8) is 0 Å². The fourth-order valence-electron chi connectivity index (χ4n) is 5.24. The third-order valence-corrected chi connectivity index (χ3v) is 7.98. The number of halogens is 4. The van der Waals surface area contributed by atoms with Crippen LogP contribution in [0.1, 0.15) is 38.7 Å². The van der Waals surface area contributed by atoms with E-state index in [1.807, 2.05) is 0 Å². The minimum Gasteiger partial charge on any atom is -0.423 e. The van der Waals surface area contributed by atoms with Crippen molar-refractivity contribution in [3.8, 4) is 17.0 Å². The zero-order valence-electron chi connectivity index (χ0n) is 24.1. The van der Waals surface area contributed by atoms with E-state index in [1.54, 1.807) is 23.3 Å². The SMILES string of the molecule is CCC(C)C(=O)Oc1cc(F)c(-c2cc(Cn3cnc4c(N)ncnc43)c(N3CCC[C@](N)([C@H](O)C(F)F)C3)cn2)cc1F. The van der Waals surface area contributed by atoms with Crippen molar-refractivity contribution in [2.75, 3.05) is 23.7 Å². The van der Waals surface area contributed by atoms with Crippen molar-refractivity contribution < 1.29 is 32.2 Å². The van der Waals surface area contributed by atoms with Crippen molar-refractivity contribution in [1.29, 1.82) is 0 Å². The van der Waals surface area contributed by atoms with Crippen LogP contribution in [0.25, 0.3) is 22.4 Å². The predicted molar refractivity (Wildman–Crippen MR) is 154 cm³/mol. The average Bonchev–Trinajstić information content (AvgIpc) is 3.41. The van der Waals surface area contributed by atoms with Gasteiger partial charge in [-0.05, 0) is 37.0 Å². The zero-order valence-corrected chi connectivity index (χ0v) is 24.1. The number of nitrogens with two attached hydrogens (primary N) is 2. The number of nitrogens with zero attached hydrogens (tertiary/aromatic N) is 6. The number of alkyl halides is 2. The second kappa shape index (κ2) is 12.3. The van der Waals surface area contributed by atoms with Crippen molar-refractivity contribution in [3.05, 3.63) is 54.2 Å². The number of hydrogen-bond acceptors (Lipinski definition) is 10. The Balaban J connectivity index is 1.56. The van der Waals surface area contributed by atoms with E-state index < -0.39 is 47.3 Å². The minimum absolute atomic E-state index is 0.0575. The molecule has 234 valence electrons. The van der Waals surface area contributed by atoms with Gasteiger partial charge in [-0.15, -0.1) is 0 Å². The van der Waals surface area contributed by atoms with Gasteiger partial charge >= 0.3 is 5.97 Å². The molecule has 3 aromatic heterocycles. The van der Waals surface area contributed by atoms with E-state index in [0.717, 1.165) is 12.1 Å². The normalized spacial score (nSPS) is 18.5. The lowest BCUT2D eigenvalue weighted by molar-refractivity contribution is -0.138. The van der Waals surface area contributed by atoms with Crippen LogP contribution < -0.4 is 21.1 Å². The Morgan fingerprint density at radius 3 is 2.66 bits per heavy atom. The van der Waals surface area contributed by atoms with E-state index in [9.17, 15) is 18.7 Å². The van der Waals surface area contributed by atoms with Crippen molar-refractivity contribution >= 4 is 28.6 Å². The van der Waals surface area contributed by atoms with Gasteiger partial charge in [0.25, 0.3) is 6.43 Å². The fourth-order valence-corrected chi connectivity index (χ4v) is 5.24. The topological polar surface area (TPSA) is 158 Å². The molecule has 0 amide bonds. The number of esters is 1. The van der Waals surface area contributed by atoms with Crippen LogP contribution in [-0.2, 0) is 11.3 Å². The monoisotopic (exact) mass is 616 g/mol. The lowest BCUT2D eigenvalue weighted by atomic mass is 9.84. The van der Waals surface area contributed by atoms with Crippen molar-refractivity contribution in [2.45, 2.75) is 57.7 Å². The number of ether oxygens (including phenoxy) is 1. The van der Waals surface area contributed by atoms with Gasteiger partial charge in [-0.1, -0.05) is 13.8 Å². The summed E-state index contributed by atoms with van der Waals surface area (Å²) in [5, 5.41) is 10.2. The number of aromatic nitrogens is 5. The Morgan fingerprint density at radius 1 is 1.16 bits per heavy atom. The van der Waals surface area contributed by atoms with Crippen LogP contribution in [0.15, 0.2) is 37.1 Å². The summed E-state index contributed by atoms with van der Waals surface area (Å²) in [5.41, 5.74) is 12.3. The smallest absolute Gasteiger partial charge is 0.314 e. The van der Waals surface area contributed by atoms with E-state index in [0.29, 0.717) is 41.8 Å². The highest BCUT2D eigenvalue weighted by Gasteiger charge is 2.43. The van der Waals surface area contributed by atoms with Crippen LogP contribution in [0.5, 0.6) is 5.75 Å². The van der Waals surface area contributed by atoms with Gasteiger partial charge < -0.3 is 30.8 Å². The van der Waals surface area contributed by atoms with Crippen molar-refractivity contribution in [1.82, 2.24) is 24.5 Å². The highest BCUT2D eigenvalue weighted by atomic mass is 19.3. The summed E-state index contributed by atoms with van der Waals surface area (Å²) in [5.74, 6) is -3.39. The molecule has 1 aliphatic heterocycles. The lowest BCUT2D eigenvalue weighted by Gasteiger charge is -2.44. The first-order valence-electron chi connectivity index (χ1n) is 14.0. The van der Waals surface area contributed by atoms with Crippen LogP contribution in [0, 0.1) is 17.6 Å². The minimum atomic E-state index is -3.03. The Bertz CT molecular complexity index is 1690. The van der Waals surface area contributed by atoms with Gasteiger partial charge in [0.1, 0.15) is 23.8 Å². The van der Waals surface area contributed by atoms with Gasteiger partial charge in [-0.25, -0.2) is 32.5 Å². The molecule has 1 unspecified atom stereocenters. The zero-order chi connectivity index (χ0) is 31.8. The molecule has 0 bridgehead atoms. The molecular weight excluding hydrogens is 584 g/mol. The number of benzene rings is 1. The number of piperidine rings is 1. The average molecular weight is 617 g/mol. The lowest BCUT2D eigenvalue weighted by Crippen LogP contribution is -2.63. The first-order valence-corrected chi connectivity index (χ1v) is 14.0. The predicted octanol–water partition coefficient (Wildman–Crippen LogP) is 3.67. The molecule has 5 rings (SSSR count). The number of rotatable bonds is 9. The molecule has 0 aliphatic carbocycles. The number of carbonyl (C=O) groups excluding carboxylic acids is 1. The van der Waals surface area contributed by atoms with Gasteiger partial charge in [0.15, 0.2) is 23.0 Å². The highest BCUT2D eigenvalue weighted by Crippen LogP contribution is 2.35. The quantitative estimate of drug-likeness (QED) is 0.144. The largest absolute Gasteiger partial charge is 0.423 e. The summed E-state index contributed by atoms with van der Waals surface area (Å²) in [6.07, 6.45) is 0.158. The molecule has 1 aromatic carbocycles. The second-order valence-corrected chi connectivity index (χ2v) is 11.0. The van der Waals surface area contributed by atoms with Crippen LogP contribution in [0.2, 0.25) is 0 Å². The van der Waals surface area contributed by atoms with Crippen molar-refractivity contribution in [2.24, 2.45) is 11.7 Å². The highest BCUT2D eigenvalue weighted by molar-refractivity contribution is 5.81. The van der Waals surface area contributed by atoms with E-state index in [4.69, 9.17) is 16.2 Å². The molecule has 44 heavy (non-hydrogen) atoms. The first kappa shape index (κ1) is 31.1. The molecule has 0 saturated carbocycles. The van der Waals surface area contributed by atoms with E-state index in [2.05, 4.69) is 19.9 Å². The summed E-state index contributed by atoms with van der Waals surface area (Å²) in [7, 11) is 0. The first-order chi connectivity index (χ1) is 20.9. The standard InChI is InChI=1S/C29H32F4N8O3/c1-3-15(2)28(43)44-22-9-18(30)17(8-19(22)31)20-7-16(11-41-14-39-23-26(34)37-13-38-27(23)41)21(10-36-20)40-6-4-5-29(35,12-40)24(42)25(32)33/h7-10,13-15,24-25,42H,3-6,11-12,35H2,1-2H3,(H2,34,37,38)/t15?,24-,29-/m1/s1. The molecule has 4 heterocycles. The number of anilines is 2. The van der Waals surface area contributed by atoms with Gasteiger partial charge in [-0.2, -0.15) is 0 Å². The number of aliphatic hydroxyl groups is 1.